The van der Waals surface area contributed by atoms with E-state index in [4.69, 9.17) is 23.5 Å². The maximum absolute atomic E-state index is 13.2. The van der Waals surface area contributed by atoms with Gasteiger partial charge in [0.05, 0.1) is 12.1 Å². The topological polar surface area (TPSA) is 116 Å². The number of rotatable bonds is 13. The van der Waals surface area contributed by atoms with Crippen LogP contribution >= 0.6 is 0 Å². The molecule has 1 aliphatic heterocycles. The summed E-state index contributed by atoms with van der Waals surface area (Å²) in [5.41, 5.74) is 4.03. The molecule has 0 bridgehead atoms. The van der Waals surface area contributed by atoms with Gasteiger partial charge in [-0.2, -0.15) is 4.98 Å². The quantitative estimate of drug-likeness (QED) is 0.148. The number of aromatic nitrogens is 3. The van der Waals surface area contributed by atoms with E-state index >= 15 is 0 Å². The molecule has 0 unspecified atom stereocenters. The molecule has 0 saturated carbocycles. The highest BCUT2D eigenvalue weighted by Crippen LogP contribution is 2.44. The number of amides is 1. The lowest BCUT2D eigenvalue weighted by molar-refractivity contribution is 0.0947. The third kappa shape index (κ3) is 7.13. The van der Waals surface area contributed by atoms with E-state index in [9.17, 15) is 4.79 Å². The minimum Gasteiger partial charge on any atom is -0.488 e. The summed E-state index contributed by atoms with van der Waals surface area (Å²) in [6.07, 6.45) is 2.29. The average Bonchev–Trinajstić information content (AvgIpc) is 3.85. The molecule has 6 rings (SSSR count). The smallest absolute Gasteiger partial charge is 0.274 e. The zero-order valence-electron chi connectivity index (χ0n) is 26.5. The van der Waals surface area contributed by atoms with Crippen molar-refractivity contribution in [2.24, 2.45) is 0 Å². The van der Waals surface area contributed by atoms with Crippen molar-refractivity contribution in [3.05, 3.63) is 101 Å². The van der Waals surface area contributed by atoms with Gasteiger partial charge in [0.25, 0.3) is 5.91 Å². The van der Waals surface area contributed by atoms with Crippen LogP contribution in [-0.2, 0) is 19.8 Å². The zero-order chi connectivity index (χ0) is 31.9. The second kappa shape index (κ2) is 14.4. The van der Waals surface area contributed by atoms with Crippen LogP contribution in [0.15, 0.2) is 81.8 Å². The van der Waals surface area contributed by atoms with Crippen LogP contribution in [-0.4, -0.2) is 45.7 Å². The fourth-order valence-corrected chi connectivity index (χ4v) is 5.55. The van der Waals surface area contributed by atoms with Gasteiger partial charge in [-0.3, -0.25) is 9.69 Å². The lowest BCUT2D eigenvalue weighted by Crippen LogP contribution is -2.23. The molecule has 1 aliphatic rings. The number of carbonyl (C=O) groups is 1. The number of hydrogen-bond acceptors (Lipinski definition) is 9. The van der Waals surface area contributed by atoms with Crippen molar-refractivity contribution in [3.63, 3.8) is 0 Å². The molecule has 5 aromatic rings. The SMILES string of the molecule is CCNC(=O)c1noc(-c2cc(C(C)C)c(OCc3ccccc3)cc2OCc2ccccc2)c1-c1noc(CN2CCCC2)n1. The Hall–Kier alpha value is -4.96. The molecular weight excluding hydrogens is 582 g/mol. The Bertz CT molecular complexity index is 1740. The third-order valence-corrected chi connectivity index (χ3v) is 7.95. The summed E-state index contributed by atoms with van der Waals surface area (Å²) in [7, 11) is 0. The number of nitrogens with one attached hydrogen (secondary N) is 1. The lowest BCUT2D eigenvalue weighted by Gasteiger charge is -2.19. The van der Waals surface area contributed by atoms with Crippen molar-refractivity contribution in [1.82, 2.24) is 25.5 Å². The third-order valence-electron chi connectivity index (χ3n) is 7.95. The fourth-order valence-electron chi connectivity index (χ4n) is 5.55. The summed E-state index contributed by atoms with van der Waals surface area (Å²) < 4.78 is 24.5. The Morgan fingerprint density at radius 3 is 2.17 bits per heavy atom. The minimum absolute atomic E-state index is 0.0786. The summed E-state index contributed by atoms with van der Waals surface area (Å²) in [5, 5.41) is 11.3. The second-order valence-corrected chi connectivity index (χ2v) is 11.7. The van der Waals surface area contributed by atoms with Crippen molar-refractivity contribution < 1.29 is 23.3 Å². The first kappa shape index (κ1) is 31.0. The highest BCUT2D eigenvalue weighted by Gasteiger charge is 2.31. The molecular formula is C36H39N5O5. The molecule has 46 heavy (non-hydrogen) atoms. The Morgan fingerprint density at radius 2 is 1.54 bits per heavy atom. The normalized spacial score (nSPS) is 13.3. The molecule has 0 radical (unpaired) electrons. The minimum atomic E-state index is -0.392. The van der Waals surface area contributed by atoms with E-state index in [1.54, 1.807) is 0 Å². The number of ether oxygens (including phenoxy) is 2. The van der Waals surface area contributed by atoms with E-state index < -0.39 is 5.91 Å². The number of nitrogens with zero attached hydrogens (tertiary/aromatic N) is 4. The van der Waals surface area contributed by atoms with Gasteiger partial charge in [0.1, 0.15) is 30.3 Å². The van der Waals surface area contributed by atoms with Crippen molar-refractivity contribution >= 4 is 5.91 Å². The molecule has 2 aromatic heterocycles. The van der Waals surface area contributed by atoms with Gasteiger partial charge >= 0.3 is 0 Å². The van der Waals surface area contributed by atoms with Gasteiger partial charge in [-0.15, -0.1) is 0 Å². The first-order valence-corrected chi connectivity index (χ1v) is 15.8. The van der Waals surface area contributed by atoms with E-state index in [0.29, 0.717) is 60.6 Å². The Morgan fingerprint density at radius 1 is 0.891 bits per heavy atom. The molecule has 1 N–H and O–H groups in total. The lowest BCUT2D eigenvalue weighted by atomic mass is 9.96. The highest BCUT2D eigenvalue weighted by molar-refractivity contribution is 6.01. The van der Waals surface area contributed by atoms with E-state index in [1.165, 1.54) is 0 Å². The van der Waals surface area contributed by atoms with Gasteiger partial charge in [-0.25, -0.2) is 0 Å². The van der Waals surface area contributed by atoms with Crippen LogP contribution < -0.4 is 14.8 Å². The Balaban J connectivity index is 1.45. The maximum Gasteiger partial charge on any atom is 0.274 e. The Kier molecular flexibility index (Phi) is 9.73. The predicted octanol–water partition coefficient (Wildman–Crippen LogP) is 7.02. The molecule has 238 valence electrons. The highest BCUT2D eigenvalue weighted by atomic mass is 16.5. The largest absolute Gasteiger partial charge is 0.488 e. The summed E-state index contributed by atoms with van der Waals surface area (Å²) in [4.78, 5) is 20.2. The molecule has 10 heteroatoms. The standard InChI is InChI=1S/C36H39N5O5/c1-4-37-36(42)33-32(35-38-31(45-40-35)21-41-17-11-12-18-41)34(46-39-33)28-19-27(24(2)3)29(43-22-25-13-7-5-8-14-25)20-30(28)44-23-26-15-9-6-10-16-26/h5-10,13-16,19-20,24H,4,11-12,17-18,21-23H2,1-3H3,(H,37,42). The van der Waals surface area contributed by atoms with Gasteiger partial charge in [-0.05, 0) is 61.5 Å². The predicted molar refractivity (Wildman–Crippen MR) is 173 cm³/mol. The first-order chi connectivity index (χ1) is 22.5. The molecule has 3 aromatic carbocycles. The summed E-state index contributed by atoms with van der Waals surface area (Å²) in [6, 6.07) is 23.8. The van der Waals surface area contributed by atoms with E-state index in [2.05, 4.69) is 34.4 Å². The molecule has 1 fully saturated rings. The van der Waals surface area contributed by atoms with Gasteiger partial charge in [0.15, 0.2) is 11.5 Å². The summed E-state index contributed by atoms with van der Waals surface area (Å²) >= 11 is 0. The van der Waals surface area contributed by atoms with E-state index in [1.807, 2.05) is 79.7 Å². The van der Waals surface area contributed by atoms with Crippen LogP contribution in [0.1, 0.15) is 72.6 Å². The van der Waals surface area contributed by atoms with Crippen LogP contribution in [0.5, 0.6) is 11.5 Å². The molecule has 0 spiro atoms. The Labute approximate surface area is 268 Å². The molecule has 1 saturated heterocycles. The summed E-state index contributed by atoms with van der Waals surface area (Å²) in [5.74, 6) is 1.93. The number of benzene rings is 3. The van der Waals surface area contributed by atoms with Crippen LogP contribution in [0.2, 0.25) is 0 Å². The first-order valence-electron chi connectivity index (χ1n) is 15.8. The number of carbonyl (C=O) groups excluding carboxylic acids is 1. The van der Waals surface area contributed by atoms with Crippen LogP contribution in [0, 0.1) is 0 Å². The van der Waals surface area contributed by atoms with E-state index in [0.717, 1.165) is 42.6 Å². The molecule has 1 amide bonds. The fraction of sp³-hybridized carbons (Fsp3) is 0.333. The van der Waals surface area contributed by atoms with E-state index in [-0.39, 0.29) is 17.4 Å². The zero-order valence-corrected chi connectivity index (χ0v) is 26.5. The van der Waals surface area contributed by atoms with Gasteiger partial charge in [0.2, 0.25) is 11.7 Å². The van der Waals surface area contributed by atoms with Crippen LogP contribution in [0.3, 0.4) is 0 Å². The summed E-state index contributed by atoms with van der Waals surface area (Å²) in [6.45, 7) is 9.69. The van der Waals surface area contributed by atoms with Gasteiger partial charge in [-0.1, -0.05) is 84.8 Å². The van der Waals surface area contributed by atoms with Crippen molar-refractivity contribution in [2.75, 3.05) is 19.6 Å². The van der Waals surface area contributed by atoms with Gasteiger partial charge < -0.3 is 23.8 Å². The van der Waals surface area contributed by atoms with Crippen LogP contribution in [0.4, 0.5) is 0 Å². The van der Waals surface area contributed by atoms with Gasteiger partial charge in [0, 0.05) is 12.6 Å². The number of likely N-dealkylation sites (tertiary alicyclic amines) is 1. The van der Waals surface area contributed by atoms with Crippen molar-refractivity contribution in [2.45, 2.75) is 59.3 Å². The second-order valence-electron chi connectivity index (χ2n) is 11.7. The number of hydrogen-bond donors (Lipinski definition) is 1. The maximum atomic E-state index is 13.2. The average molecular weight is 622 g/mol. The monoisotopic (exact) mass is 621 g/mol. The van der Waals surface area contributed by atoms with Crippen molar-refractivity contribution in [3.8, 4) is 34.2 Å². The molecule has 10 nitrogen and oxygen atoms in total. The molecule has 0 aliphatic carbocycles. The molecule has 0 atom stereocenters. The van der Waals surface area contributed by atoms with Crippen LogP contribution in [0.25, 0.3) is 22.7 Å². The van der Waals surface area contributed by atoms with Crippen molar-refractivity contribution in [1.29, 1.82) is 0 Å². The molecule has 3 heterocycles.